The number of aliphatic hydroxyl groups excluding tert-OH is 3. The molecule has 5 N–H and O–H groups in total. The Balaban J connectivity index is 4.70. The van der Waals surface area contributed by atoms with E-state index in [-0.39, 0.29) is 6.29 Å². The minimum absolute atomic E-state index is 0.367. The van der Waals surface area contributed by atoms with Gasteiger partial charge in [0.15, 0.2) is 6.29 Å². The highest BCUT2D eigenvalue weighted by atomic mass is 16.4. The highest BCUT2D eigenvalue weighted by Gasteiger charge is 2.29. The molecular weight excluding hydrogens is 168 g/mol. The van der Waals surface area contributed by atoms with Gasteiger partial charge in [-0.2, -0.15) is 0 Å². The molecule has 0 fully saturated rings. The van der Waals surface area contributed by atoms with Gasteiger partial charge in [0.2, 0.25) is 0 Å². The summed E-state index contributed by atoms with van der Waals surface area (Å²) in [5.41, 5.74) is 0. The first kappa shape index (κ1) is 8.09. The lowest BCUT2D eigenvalue weighted by atomic mass is 10.0. The van der Waals surface area contributed by atoms with Gasteiger partial charge in [0.05, 0.1) is 9.35 Å². The van der Waals surface area contributed by atoms with E-state index in [2.05, 4.69) is 0 Å². The highest BCUT2D eigenvalue weighted by molar-refractivity contribution is 5.56. The average molecular weight is 182 g/mol. The normalized spacial score (nSPS) is 28.8. The van der Waals surface area contributed by atoms with Crippen molar-refractivity contribution in [2.24, 2.45) is 0 Å². The van der Waals surface area contributed by atoms with Gasteiger partial charge in [-0.3, -0.25) is 0 Å². The van der Waals surface area contributed by atoms with Crippen LogP contribution in [0.3, 0.4) is 0 Å². The maximum atomic E-state index is 10.1. The van der Waals surface area contributed by atoms with Gasteiger partial charge in [-0.1, -0.05) is 0 Å². The first-order valence-corrected chi connectivity index (χ1v) is 3.07. The van der Waals surface area contributed by atoms with E-state index < -0.39 is 31.0 Å². The molecule has 0 heterocycles. The Morgan fingerprint density at radius 3 is 2.08 bits per heavy atom. The Morgan fingerprint density at radius 1 is 1.25 bits per heavy atom. The molecule has 0 aliphatic rings. The van der Waals surface area contributed by atoms with E-state index in [0.29, 0.717) is 0 Å². The van der Waals surface area contributed by atoms with Crippen molar-refractivity contribution in [2.75, 3.05) is 6.61 Å². The summed E-state index contributed by atoms with van der Waals surface area (Å²) in [5, 5.41) is 44.2. The number of carbonyl (C=O) groups excluding carboxylic acids is 1. The second-order valence-corrected chi connectivity index (χ2v) is 2.08. The lowest BCUT2D eigenvalue weighted by molar-refractivity contribution is -0.136. The van der Waals surface area contributed by atoms with Gasteiger partial charge in [-0.15, -0.1) is 0 Å². The fraction of sp³-hybridized carbons (Fsp3) is 0.833. The lowest BCUT2D eigenvalue weighted by Gasteiger charge is -2.22. The Hall–Kier alpha value is -0.530. The fourth-order valence-corrected chi connectivity index (χ4v) is 0.507. The van der Waals surface area contributed by atoms with E-state index in [1.54, 1.807) is 0 Å². The first-order valence-electron chi connectivity index (χ1n) is 4.07. The Kier molecular flexibility index (Phi) is 3.49. The van der Waals surface area contributed by atoms with E-state index in [9.17, 15) is 4.79 Å². The van der Waals surface area contributed by atoms with Crippen LogP contribution in [0, 0.1) is 0 Å². The van der Waals surface area contributed by atoms with Gasteiger partial charge in [0, 0.05) is 0 Å². The Labute approximate surface area is 71.5 Å². The standard InChI is InChI=1S/C6H12O6/c7-1-3(9)5(11)6(12)4(10)2-8/h1,3-6,8-12H,2H2/t3-,4+,5+,6-/m0/s1/i3D,4D. The van der Waals surface area contributed by atoms with Crippen molar-refractivity contribution in [3.8, 4) is 0 Å². The minimum Gasteiger partial charge on any atom is -0.394 e. The zero-order valence-electron chi connectivity index (χ0n) is 8.08. The van der Waals surface area contributed by atoms with E-state index in [4.69, 9.17) is 28.3 Å². The van der Waals surface area contributed by atoms with Crippen LogP contribution in [0.1, 0.15) is 2.74 Å². The molecule has 6 heteroatoms. The number of hydrogen-bond acceptors (Lipinski definition) is 6. The van der Waals surface area contributed by atoms with Crippen LogP contribution in [0.4, 0.5) is 0 Å². The Morgan fingerprint density at radius 2 is 1.75 bits per heavy atom. The van der Waals surface area contributed by atoms with E-state index in [1.807, 2.05) is 0 Å². The molecule has 4 atom stereocenters. The Bertz CT molecular complexity index is 206. The molecule has 0 saturated carbocycles. The predicted octanol–water partition coefficient (Wildman–Crippen LogP) is -3.38. The molecular formula is C6H12O6. The molecule has 0 rings (SSSR count). The molecule has 0 saturated heterocycles. The second-order valence-electron chi connectivity index (χ2n) is 2.08. The van der Waals surface area contributed by atoms with Crippen LogP contribution in [-0.2, 0) is 4.79 Å². The van der Waals surface area contributed by atoms with Crippen molar-refractivity contribution in [1.29, 1.82) is 0 Å². The summed E-state index contributed by atoms with van der Waals surface area (Å²) in [4.78, 5) is 10.1. The molecule has 12 heavy (non-hydrogen) atoms. The topological polar surface area (TPSA) is 118 Å². The van der Waals surface area contributed by atoms with Crippen LogP contribution in [0.15, 0.2) is 0 Å². The summed E-state index contributed by atoms with van der Waals surface area (Å²) >= 11 is 0. The molecule has 0 aromatic rings. The molecule has 0 spiro atoms. The molecule has 6 nitrogen and oxygen atoms in total. The number of carbonyl (C=O) groups is 1. The zero-order chi connectivity index (χ0) is 11.6. The maximum Gasteiger partial charge on any atom is 0.151 e. The third-order valence-corrected chi connectivity index (χ3v) is 1.23. The molecule has 0 unspecified atom stereocenters. The van der Waals surface area contributed by atoms with Crippen molar-refractivity contribution in [1.82, 2.24) is 0 Å². The van der Waals surface area contributed by atoms with Crippen LogP contribution in [0.2, 0.25) is 0 Å². The largest absolute Gasteiger partial charge is 0.394 e. The number of rotatable bonds is 5. The first-order chi connectivity index (χ1) is 6.19. The van der Waals surface area contributed by atoms with Crippen LogP contribution >= 0.6 is 0 Å². The molecule has 0 radical (unpaired) electrons. The minimum atomic E-state index is -3.04. The molecule has 0 aliphatic carbocycles. The van der Waals surface area contributed by atoms with E-state index >= 15 is 0 Å². The number of hydrogen-bond donors (Lipinski definition) is 5. The maximum absolute atomic E-state index is 10.1. The van der Waals surface area contributed by atoms with Crippen LogP contribution in [0.25, 0.3) is 0 Å². The molecule has 0 aliphatic heterocycles. The summed E-state index contributed by atoms with van der Waals surface area (Å²) in [5.74, 6) is 0. The quantitative estimate of drug-likeness (QED) is 0.283. The van der Waals surface area contributed by atoms with Crippen LogP contribution in [0.5, 0.6) is 0 Å². The predicted molar refractivity (Wildman–Crippen MR) is 37.2 cm³/mol. The van der Waals surface area contributed by atoms with Crippen molar-refractivity contribution in [2.45, 2.75) is 24.4 Å². The molecule has 0 aromatic carbocycles. The SMILES string of the molecule is [2H][C@](O)(C=O)[C@@H](O)[C@@H](O)[C@]([2H])(O)CO. The van der Waals surface area contributed by atoms with Crippen molar-refractivity contribution >= 4 is 6.29 Å². The molecule has 0 amide bonds. The van der Waals surface area contributed by atoms with Gasteiger partial charge in [-0.25, -0.2) is 0 Å². The summed E-state index contributed by atoms with van der Waals surface area (Å²) in [6.07, 6.45) is -11.0. The van der Waals surface area contributed by atoms with Gasteiger partial charge in [0.25, 0.3) is 0 Å². The van der Waals surface area contributed by atoms with Gasteiger partial charge >= 0.3 is 0 Å². The van der Waals surface area contributed by atoms with Crippen molar-refractivity contribution < 1.29 is 33.1 Å². The number of aldehydes is 1. The second kappa shape index (κ2) is 5.18. The third-order valence-electron chi connectivity index (χ3n) is 1.23. The van der Waals surface area contributed by atoms with Gasteiger partial charge < -0.3 is 30.3 Å². The highest BCUT2D eigenvalue weighted by Crippen LogP contribution is 2.02. The smallest absolute Gasteiger partial charge is 0.151 e. The number of aliphatic hydroxyl groups is 5. The van der Waals surface area contributed by atoms with Crippen molar-refractivity contribution in [3.63, 3.8) is 0 Å². The summed E-state index contributed by atoms with van der Waals surface area (Å²) < 4.78 is 13.6. The summed E-state index contributed by atoms with van der Waals surface area (Å²) in [6.45, 7) is -1.22. The third kappa shape index (κ3) is 2.84. The van der Waals surface area contributed by atoms with Gasteiger partial charge in [-0.05, 0) is 0 Å². The van der Waals surface area contributed by atoms with Crippen LogP contribution < -0.4 is 0 Å². The van der Waals surface area contributed by atoms with Crippen LogP contribution in [-0.4, -0.2) is 62.8 Å². The van der Waals surface area contributed by atoms with E-state index in [0.717, 1.165) is 0 Å². The van der Waals surface area contributed by atoms with Crippen molar-refractivity contribution in [3.05, 3.63) is 0 Å². The summed E-state index contributed by atoms with van der Waals surface area (Å²) in [7, 11) is 0. The average Bonchev–Trinajstić information content (AvgIpc) is 2.15. The molecule has 72 valence electrons. The van der Waals surface area contributed by atoms with Gasteiger partial charge in [0.1, 0.15) is 24.4 Å². The molecule has 0 bridgehead atoms. The molecule has 0 aromatic heterocycles. The zero-order valence-corrected chi connectivity index (χ0v) is 6.08. The van der Waals surface area contributed by atoms with E-state index in [1.165, 1.54) is 0 Å². The lowest BCUT2D eigenvalue weighted by Crippen LogP contribution is -2.46. The fourth-order valence-electron chi connectivity index (χ4n) is 0.507. The monoisotopic (exact) mass is 182 g/mol. The summed E-state index contributed by atoms with van der Waals surface area (Å²) in [6, 6.07) is 0.